The number of aromatic nitrogens is 1. The van der Waals surface area contributed by atoms with Gasteiger partial charge in [-0.1, -0.05) is 6.07 Å². The molecule has 0 atom stereocenters. The van der Waals surface area contributed by atoms with Crippen molar-refractivity contribution in [2.24, 2.45) is 5.92 Å². The zero-order chi connectivity index (χ0) is 18.2. The van der Waals surface area contributed by atoms with Gasteiger partial charge in [-0.25, -0.2) is 4.79 Å². The lowest BCUT2D eigenvalue weighted by Gasteiger charge is -2.32. The maximum Gasteiger partial charge on any atom is 0.321 e. The summed E-state index contributed by atoms with van der Waals surface area (Å²) < 4.78 is 10.9. The summed E-state index contributed by atoms with van der Waals surface area (Å²) in [6.07, 6.45) is 6.47. The molecule has 1 aliphatic heterocycles. The third-order valence-corrected chi connectivity index (χ3v) is 4.65. The van der Waals surface area contributed by atoms with Gasteiger partial charge in [0, 0.05) is 31.0 Å². The summed E-state index contributed by atoms with van der Waals surface area (Å²) in [5, 5.41) is 2.94. The van der Waals surface area contributed by atoms with Crippen LogP contribution in [0.4, 0.5) is 10.5 Å². The predicted octanol–water partition coefficient (Wildman–Crippen LogP) is 3.80. The number of methoxy groups -OCH3 is 1. The van der Waals surface area contributed by atoms with Gasteiger partial charge in [0.25, 0.3) is 0 Å². The highest BCUT2D eigenvalue weighted by molar-refractivity contribution is 5.89. The molecule has 26 heavy (non-hydrogen) atoms. The molecular weight excluding hydrogens is 330 g/mol. The molecule has 0 bridgehead atoms. The largest absolute Gasteiger partial charge is 0.497 e. The van der Waals surface area contributed by atoms with Crippen molar-refractivity contribution in [3.63, 3.8) is 0 Å². The number of ether oxygens (including phenoxy) is 2. The Kier molecular flexibility index (Phi) is 6.30. The van der Waals surface area contributed by atoms with E-state index in [9.17, 15) is 4.79 Å². The molecule has 1 N–H and O–H groups in total. The van der Waals surface area contributed by atoms with E-state index >= 15 is 0 Å². The Balaban J connectivity index is 1.39. The number of rotatable bonds is 6. The number of nitrogens with one attached hydrogen (secondary N) is 1. The van der Waals surface area contributed by atoms with Crippen LogP contribution in [0.5, 0.6) is 11.5 Å². The second-order valence-corrected chi connectivity index (χ2v) is 6.42. The quantitative estimate of drug-likeness (QED) is 0.856. The number of carbonyl (C=O) groups is 1. The van der Waals surface area contributed by atoms with Gasteiger partial charge in [0.15, 0.2) is 0 Å². The van der Waals surface area contributed by atoms with Gasteiger partial charge in [-0.05, 0) is 49.4 Å². The van der Waals surface area contributed by atoms with Crippen molar-refractivity contribution in [3.05, 3.63) is 48.8 Å². The number of carbonyl (C=O) groups excluding carboxylic acids is 1. The maximum atomic E-state index is 12.4. The lowest BCUT2D eigenvalue weighted by atomic mass is 9.94. The minimum atomic E-state index is -0.0525. The Hall–Kier alpha value is -2.76. The van der Waals surface area contributed by atoms with E-state index in [1.165, 1.54) is 0 Å². The van der Waals surface area contributed by atoms with Gasteiger partial charge in [-0.3, -0.25) is 4.98 Å². The third-order valence-electron chi connectivity index (χ3n) is 4.65. The van der Waals surface area contributed by atoms with Gasteiger partial charge in [-0.15, -0.1) is 0 Å². The number of hydrogen-bond acceptors (Lipinski definition) is 4. The molecule has 0 saturated carbocycles. The number of hydrogen-bond donors (Lipinski definition) is 1. The lowest BCUT2D eigenvalue weighted by molar-refractivity contribution is 0.170. The summed E-state index contributed by atoms with van der Waals surface area (Å²) in [6, 6.07) is 11.1. The first kappa shape index (κ1) is 18.0. The minimum Gasteiger partial charge on any atom is -0.497 e. The molecule has 0 aliphatic carbocycles. The molecular formula is C20H25N3O3. The number of anilines is 1. The van der Waals surface area contributed by atoms with Gasteiger partial charge < -0.3 is 19.7 Å². The van der Waals surface area contributed by atoms with Crippen molar-refractivity contribution >= 4 is 11.7 Å². The third kappa shape index (κ3) is 5.12. The monoisotopic (exact) mass is 355 g/mol. The molecule has 1 saturated heterocycles. The lowest BCUT2D eigenvalue weighted by Crippen LogP contribution is -2.41. The van der Waals surface area contributed by atoms with E-state index in [4.69, 9.17) is 9.47 Å². The van der Waals surface area contributed by atoms with Gasteiger partial charge >= 0.3 is 6.03 Å². The Bertz CT molecular complexity index is 700. The van der Waals surface area contributed by atoms with Crippen LogP contribution in [0.3, 0.4) is 0 Å². The van der Waals surface area contributed by atoms with Crippen LogP contribution in [0.15, 0.2) is 48.8 Å². The molecule has 1 aromatic carbocycles. The van der Waals surface area contributed by atoms with Gasteiger partial charge in [0.2, 0.25) is 0 Å². The van der Waals surface area contributed by atoms with Crippen LogP contribution in [0.2, 0.25) is 0 Å². The fourth-order valence-electron chi connectivity index (χ4n) is 3.10. The summed E-state index contributed by atoms with van der Waals surface area (Å²) in [6.45, 7) is 2.23. The average Bonchev–Trinajstić information content (AvgIpc) is 2.69. The predicted molar refractivity (Wildman–Crippen MR) is 101 cm³/mol. The number of amides is 2. The minimum absolute atomic E-state index is 0.0525. The number of likely N-dealkylation sites (tertiary alicyclic amines) is 1. The number of piperidine rings is 1. The summed E-state index contributed by atoms with van der Waals surface area (Å²) in [5.41, 5.74) is 0.751. The molecule has 6 heteroatoms. The topological polar surface area (TPSA) is 63.7 Å². The first-order chi connectivity index (χ1) is 12.7. The fourth-order valence-corrected chi connectivity index (χ4v) is 3.10. The zero-order valence-corrected chi connectivity index (χ0v) is 15.1. The maximum absolute atomic E-state index is 12.4. The molecule has 2 aromatic rings. The average molecular weight is 355 g/mol. The molecule has 1 fully saturated rings. The number of benzene rings is 1. The molecule has 0 radical (unpaired) electrons. The van der Waals surface area contributed by atoms with Crippen molar-refractivity contribution in [1.82, 2.24) is 9.88 Å². The van der Waals surface area contributed by atoms with Crippen LogP contribution in [-0.2, 0) is 0 Å². The van der Waals surface area contributed by atoms with Crippen LogP contribution >= 0.6 is 0 Å². The fraction of sp³-hybridized carbons (Fsp3) is 0.400. The number of urea groups is 1. The van der Waals surface area contributed by atoms with Crippen LogP contribution < -0.4 is 14.8 Å². The SMILES string of the molecule is COc1cccc(NC(=O)N2CCC(CCOc3cccnc3)CC2)c1. The second kappa shape index (κ2) is 9.08. The van der Waals surface area contributed by atoms with Crippen LogP contribution in [-0.4, -0.2) is 42.7 Å². The Morgan fingerprint density at radius 2 is 2.04 bits per heavy atom. The van der Waals surface area contributed by atoms with E-state index in [0.717, 1.165) is 49.5 Å². The molecule has 2 heterocycles. The molecule has 0 spiro atoms. The summed E-state index contributed by atoms with van der Waals surface area (Å²) in [4.78, 5) is 18.3. The van der Waals surface area contributed by atoms with E-state index in [1.807, 2.05) is 41.3 Å². The molecule has 2 amide bonds. The zero-order valence-electron chi connectivity index (χ0n) is 15.1. The smallest absolute Gasteiger partial charge is 0.321 e. The highest BCUT2D eigenvalue weighted by Gasteiger charge is 2.22. The second-order valence-electron chi connectivity index (χ2n) is 6.42. The number of pyridine rings is 1. The number of nitrogens with zero attached hydrogens (tertiary/aromatic N) is 2. The molecule has 6 nitrogen and oxygen atoms in total. The molecule has 1 aromatic heterocycles. The van der Waals surface area contributed by atoms with E-state index in [-0.39, 0.29) is 6.03 Å². The van der Waals surface area contributed by atoms with Crippen molar-refractivity contribution in [1.29, 1.82) is 0 Å². The molecule has 1 aliphatic rings. The molecule has 138 valence electrons. The molecule has 0 unspecified atom stereocenters. The normalized spacial score (nSPS) is 14.7. The Morgan fingerprint density at radius 1 is 1.23 bits per heavy atom. The van der Waals surface area contributed by atoms with E-state index in [1.54, 1.807) is 19.5 Å². The van der Waals surface area contributed by atoms with Gasteiger partial charge in [0.05, 0.1) is 19.9 Å². The van der Waals surface area contributed by atoms with Crippen molar-refractivity contribution < 1.29 is 14.3 Å². The first-order valence-corrected chi connectivity index (χ1v) is 8.97. The standard InChI is InChI=1S/C20H25N3O3/c1-25-18-5-2-4-17(14-18)22-20(24)23-11-7-16(8-12-23)9-13-26-19-6-3-10-21-15-19/h2-6,10,14-16H,7-9,11-13H2,1H3,(H,22,24). The van der Waals surface area contributed by atoms with Gasteiger partial charge in [-0.2, -0.15) is 0 Å². The highest BCUT2D eigenvalue weighted by Crippen LogP contribution is 2.22. The van der Waals surface area contributed by atoms with Crippen molar-refractivity contribution in [2.75, 3.05) is 32.1 Å². The van der Waals surface area contributed by atoms with Gasteiger partial charge in [0.1, 0.15) is 11.5 Å². The molecule has 3 rings (SSSR count). The van der Waals surface area contributed by atoms with Crippen molar-refractivity contribution in [3.8, 4) is 11.5 Å². The van der Waals surface area contributed by atoms with E-state index in [2.05, 4.69) is 10.3 Å². The van der Waals surface area contributed by atoms with E-state index in [0.29, 0.717) is 12.5 Å². The van der Waals surface area contributed by atoms with Crippen LogP contribution in [0, 0.1) is 5.92 Å². The summed E-state index contributed by atoms with van der Waals surface area (Å²) in [7, 11) is 1.61. The highest BCUT2D eigenvalue weighted by atomic mass is 16.5. The Labute approximate surface area is 154 Å². The summed E-state index contributed by atoms with van der Waals surface area (Å²) in [5.74, 6) is 2.13. The first-order valence-electron chi connectivity index (χ1n) is 8.97. The summed E-state index contributed by atoms with van der Waals surface area (Å²) >= 11 is 0. The van der Waals surface area contributed by atoms with Crippen LogP contribution in [0.1, 0.15) is 19.3 Å². The van der Waals surface area contributed by atoms with E-state index < -0.39 is 0 Å². The van der Waals surface area contributed by atoms with Crippen LogP contribution in [0.25, 0.3) is 0 Å². The van der Waals surface area contributed by atoms with Crippen molar-refractivity contribution in [2.45, 2.75) is 19.3 Å². The Morgan fingerprint density at radius 3 is 2.77 bits per heavy atom.